The van der Waals surface area contributed by atoms with Crippen LogP contribution in [0.3, 0.4) is 0 Å². The minimum absolute atomic E-state index is 0.0408. The van der Waals surface area contributed by atoms with Crippen LogP contribution in [0.15, 0.2) is 70.4 Å². The van der Waals surface area contributed by atoms with Crippen LogP contribution in [-0.2, 0) is 16.0 Å². The lowest BCUT2D eigenvalue weighted by Crippen LogP contribution is -2.30. The summed E-state index contributed by atoms with van der Waals surface area (Å²) in [6.07, 6.45) is 0.625. The predicted molar refractivity (Wildman–Crippen MR) is 129 cm³/mol. The highest BCUT2D eigenvalue weighted by Crippen LogP contribution is 2.38. The van der Waals surface area contributed by atoms with Gasteiger partial charge in [-0.2, -0.15) is 0 Å². The second kappa shape index (κ2) is 8.01. The third kappa shape index (κ3) is 3.34. The van der Waals surface area contributed by atoms with E-state index in [4.69, 9.17) is 23.2 Å². The van der Waals surface area contributed by atoms with Gasteiger partial charge in [-0.3, -0.25) is 9.59 Å². The van der Waals surface area contributed by atoms with Gasteiger partial charge in [0.2, 0.25) is 11.6 Å². The topological polar surface area (TPSA) is 77.8 Å². The van der Waals surface area contributed by atoms with Gasteiger partial charge in [0.15, 0.2) is 0 Å². The second-order valence-corrected chi connectivity index (χ2v) is 8.52. The first-order chi connectivity index (χ1) is 15.5. The molecular weight excluding hydrogens is 445 g/mol. The van der Waals surface area contributed by atoms with E-state index in [9.17, 15) is 9.59 Å². The molecule has 160 valence electrons. The van der Waals surface area contributed by atoms with Crippen molar-refractivity contribution >= 4 is 62.1 Å². The number of aromatic nitrogens is 2. The summed E-state index contributed by atoms with van der Waals surface area (Å²) < 4.78 is 0. The van der Waals surface area contributed by atoms with Gasteiger partial charge in [-0.15, -0.1) is 0 Å². The van der Waals surface area contributed by atoms with Crippen LogP contribution in [0.4, 0.5) is 0 Å². The number of carbonyl (C=O) groups excluding carboxylic acids is 2. The molecule has 32 heavy (non-hydrogen) atoms. The molecule has 0 bridgehead atoms. The van der Waals surface area contributed by atoms with Crippen molar-refractivity contribution in [1.82, 2.24) is 15.3 Å². The average Bonchev–Trinajstić information content (AvgIpc) is 3.35. The highest BCUT2D eigenvalue weighted by atomic mass is 35.5. The molecule has 7 heteroatoms. The summed E-state index contributed by atoms with van der Waals surface area (Å²) in [7, 11) is 0. The first kappa shape index (κ1) is 20.6. The van der Waals surface area contributed by atoms with Gasteiger partial charge in [0.25, 0.3) is 0 Å². The molecule has 0 aliphatic heterocycles. The highest BCUT2D eigenvalue weighted by molar-refractivity contribution is 6.63. The van der Waals surface area contributed by atoms with Gasteiger partial charge >= 0.3 is 0 Å². The Kier molecular flexibility index (Phi) is 5.16. The molecule has 5 rings (SSSR count). The highest BCUT2D eigenvalue weighted by Gasteiger charge is 2.35. The molecule has 1 aliphatic rings. The van der Waals surface area contributed by atoms with Gasteiger partial charge in [-0.1, -0.05) is 59.6 Å². The lowest BCUT2D eigenvalue weighted by molar-refractivity contribution is -0.114. The minimum atomic E-state index is -0.479. The maximum Gasteiger partial charge on any atom is 0.222 e. The van der Waals surface area contributed by atoms with Gasteiger partial charge in [0.05, 0.1) is 5.57 Å². The van der Waals surface area contributed by atoms with Crippen molar-refractivity contribution in [3.63, 3.8) is 0 Å². The van der Waals surface area contributed by atoms with E-state index in [1.54, 1.807) is 0 Å². The molecule has 0 radical (unpaired) electrons. The van der Waals surface area contributed by atoms with E-state index in [-0.39, 0.29) is 21.3 Å². The van der Waals surface area contributed by atoms with Crippen molar-refractivity contribution in [2.24, 2.45) is 0 Å². The van der Waals surface area contributed by atoms with Crippen LogP contribution in [0.1, 0.15) is 17.0 Å². The summed E-state index contributed by atoms with van der Waals surface area (Å²) in [6, 6.07) is 17.6. The molecule has 2 aromatic carbocycles. The Balaban J connectivity index is 1.41. The Morgan fingerprint density at radius 1 is 0.875 bits per heavy atom. The molecule has 5 nitrogen and oxygen atoms in total. The zero-order valence-electron chi connectivity index (χ0n) is 17.2. The molecule has 2 aromatic heterocycles. The number of aryl methyl sites for hydroxylation is 1. The average molecular weight is 464 g/mol. The zero-order chi connectivity index (χ0) is 22.4. The fourth-order valence-corrected chi connectivity index (χ4v) is 4.74. The predicted octanol–water partition coefficient (Wildman–Crippen LogP) is 5.34. The van der Waals surface area contributed by atoms with E-state index in [1.165, 1.54) is 0 Å². The number of hydrogen-bond donors (Lipinski definition) is 3. The van der Waals surface area contributed by atoms with Gasteiger partial charge in [0.1, 0.15) is 15.8 Å². The number of halogens is 2. The van der Waals surface area contributed by atoms with Gasteiger partial charge in [0, 0.05) is 46.3 Å². The van der Waals surface area contributed by atoms with Crippen LogP contribution in [0.2, 0.25) is 0 Å². The van der Waals surface area contributed by atoms with Crippen molar-refractivity contribution in [3.05, 3.63) is 87.3 Å². The third-order valence-corrected chi connectivity index (χ3v) is 6.44. The normalized spacial score (nSPS) is 14.8. The van der Waals surface area contributed by atoms with Gasteiger partial charge in [-0.05, 0) is 30.5 Å². The molecule has 4 aromatic rings. The van der Waals surface area contributed by atoms with Crippen LogP contribution in [0.5, 0.6) is 0 Å². The SMILES string of the molecule is Cc1[nH]c2ccccc2c1C1=C(Cl)C(=O)C(NCCc2cc3ccccc3[nH]2)=C(Cl)C1=O. The number of ketones is 2. The first-order valence-electron chi connectivity index (χ1n) is 10.2. The summed E-state index contributed by atoms with van der Waals surface area (Å²) in [5, 5.41) is 4.69. The Labute approximate surface area is 194 Å². The van der Waals surface area contributed by atoms with Crippen molar-refractivity contribution in [3.8, 4) is 0 Å². The Bertz CT molecular complexity index is 1440. The number of Topliss-reactive ketones (excluding diaryl/α,β-unsaturated/α-hetero) is 2. The molecule has 0 unspecified atom stereocenters. The van der Waals surface area contributed by atoms with E-state index in [0.29, 0.717) is 18.5 Å². The van der Waals surface area contributed by atoms with Crippen LogP contribution < -0.4 is 5.32 Å². The zero-order valence-corrected chi connectivity index (χ0v) is 18.7. The van der Waals surface area contributed by atoms with E-state index in [0.717, 1.165) is 33.2 Å². The maximum absolute atomic E-state index is 13.2. The number of allylic oxidation sites excluding steroid dienone is 3. The second-order valence-electron chi connectivity index (χ2n) is 7.77. The Morgan fingerprint density at radius 2 is 1.59 bits per heavy atom. The molecule has 0 fully saturated rings. The van der Waals surface area contributed by atoms with Crippen LogP contribution in [-0.4, -0.2) is 28.1 Å². The van der Waals surface area contributed by atoms with Gasteiger partial charge < -0.3 is 15.3 Å². The summed E-state index contributed by atoms with van der Waals surface area (Å²) in [5.41, 5.74) is 4.46. The van der Waals surface area contributed by atoms with Crippen molar-refractivity contribution in [2.45, 2.75) is 13.3 Å². The van der Waals surface area contributed by atoms with E-state index < -0.39 is 11.6 Å². The number of rotatable bonds is 5. The fourth-order valence-electron chi connectivity index (χ4n) is 4.22. The first-order valence-corrected chi connectivity index (χ1v) is 11.0. The number of H-pyrrole nitrogens is 2. The summed E-state index contributed by atoms with van der Waals surface area (Å²) in [5.74, 6) is -0.940. The van der Waals surface area contributed by atoms with E-state index in [1.807, 2.05) is 55.5 Å². The van der Waals surface area contributed by atoms with E-state index in [2.05, 4.69) is 21.4 Å². The van der Waals surface area contributed by atoms with Crippen molar-refractivity contribution < 1.29 is 9.59 Å². The number of nitrogens with one attached hydrogen (secondary N) is 3. The number of benzene rings is 2. The molecule has 1 aliphatic carbocycles. The van der Waals surface area contributed by atoms with Crippen LogP contribution >= 0.6 is 23.2 Å². The maximum atomic E-state index is 13.2. The Morgan fingerprint density at radius 3 is 2.38 bits per heavy atom. The summed E-state index contributed by atoms with van der Waals surface area (Å²) in [6.45, 7) is 2.26. The monoisotopic (exact) mass is 463 g/mol. The van der Waals surface area contributed by atoms with Gasteiger partial charge in [-0.25, -0.2) is 0 Å². The number of aromatic amines is 2. The lowest BCUT2D eigenvalue weighted by Gasteiger charge is -2.19. The minimum Gasteiger partial charge on any atom is -0.380 e. The van der Waals surface area contributed by atoms with Crippen LogP contribution in [0, 0.1) is 6.92 Å². The molecule has 0 atom stereocenters. The number of hydrogen-bond acceptors (Lipinski definition) is 3. The van der Waals surface area contributed by atoms with Crippen molar-refractivity contribution in [2.75, 3.05) is 6.54 Å². The lowest BCUT2D eigenvalue weighted by atomic mass is 9.92. The van der Waals surface area contributed by atoms with Crippen molar-refractivity contribution in [1.29, 1.82) is 0 Å². The van der Waals surface area contributed by atoms with Crippen LogP contribution in [0.25, 0.3) is 27.4 Å². The quantitative estimate of drug-likeness (QED) is 0.349. The number of carbonyl (C=O) groups is 2. The smallest absolute Gasteiger partial charge is 0.222 e. The molecular formula is C25H19Cl2N3O2. The molecule has 3 N–H and O–H groups in total. The molecule has 0 amide bonds. The molecule has 2 heterocycles. The summed E-state index contributed by atoms with van der Waals surface area (Å²) >= 11 is 12.8. The van der Waals surface area contributed by atoms with E-state index >= 15 is 0 Å². The number of fused-ring (bicyclic) bond motifs is 2. The Hall–Kier alpha value is -3.28. The molecule has 0 saturated carbocycles. The summed E-state index contributed by atoms with van der Waals surface area (Å²) in [4.78, 5) is 32.8. The standard InChI is InChI=1S/C25H19Cl2N3O2/c1-13-19(16-7-3-5-9-18(16)29-13)20-21(26)25(32)23(22(27)24(20)31)28-11-10-15-12-14-6-2-4-8-17(14)30-15/h2-9,12,28-30H,10-11H2,1H3. The molecule has 0 spiro atoms. The largest absolute Gasteiger partial charge is 0.380 e. The third-order valence-electron chi connectivity index (χ3n) is 5.72. The fraction of sp³-hybridized carbons (Fsp3) is 0.120. The number of para-hydroxylation sites is 2. The molecule has 0 saturated heterocycles.